The third kappa shape index (κ3) is 2.71. The van der Waals surface area contributed by atoms with Gasteiger partial charge in [-0.05, 0) is 42.8 Å². The van der Waals surface area contributed by atoms with Crippen LogP contribution in [0.3, 0.4) is 0 Å². The third-order valence-corrected chi connectivity index (χ3v) is 2.89. The van der Waals surface area contributed by atoms with Crippen LogP contribution in [0.25, 0.3) is 0 Å². The van der Waals surface area contributed by atoms with E-state index in [4.69, 9.17) is 10.5 Å². The third-order valence-electron chi connectivity index (χ3n) is 2.89. The Hall–Kier alpha value is -1.81. The first-order valence-corrected chi connectivity index (χ1v) is 5.91. The molecule has 1 aromatic carbocycles. The van der Waals surface area contributed by atoms with Crippen LogP contribution in [-0.4, -0.2) is 18.2 Å². The van der Waals surface area contributed by atoms with Crippen LogP contribution < -0.4 is 10.5 Å². The standard InChI is InChI=1S/C14H17FN2O/c1-18-14-5-4-11(9-13(14)15)10-17-8-2-3-12(17)6-7-16/h2-5,8-9H,6-7,10,16H2,1H3. The number of hydrogen-bond acceptors (Lipinski definition) is 2. The van der Waals surface area contributed by atoms with Gasteiger partial charge in [0, 0.05) is 18.4 Å². The van der Waals surface area contributed by atoms with Crippen molar-refractivity contribution in [1.82, 2.24) is 4.57 Å². The molecule has 0 aliphatic heterocycles. The molecule has 0 bridgehead atoms. The Balaban J connectivity index is 2.18. The van der Waals surface area contributed by atoms with Gasteiger partial charge >= 0.3 is 0 Å². The van der Waals surface area contributed by atoms with Crippen LogP contribution in [0.2, 0.25) is 0 Å². The second-order valence-electron chi connectivity index (χ2n) is 4.14. The Morgan fingerprint density at radius 2 is 2.17 bits per heavy atom. The summed E-state index contributed by atoms with van der Waals surface area (Å²) < 4.78 is 20.6. The zero-order valence-corrected chi connectivity index (χ0v) is 10.4. The predicted molar refractivity (Wildman–Crippen MR) is 69.2 cm³/mol. The van der Waals surface area contributed by atoms with E-state index in [1.807, 2.05) is 24.4 Å². The Bertz CT molecular complexity index is 522. The molecule has 1 heterocycles. The number of nitrogens with two attached hydrogens (primary N) is 1. The van der Waals surface area contributed by atoms with Crippen LogP contribution in [0, 0.1) is 5.82 Å². The summed E-state index contributed by atoms with van der Waals surface area (Å²) >= 11 is 0. The van der Waals surface area contributed by atoms with Gasteiger partial charge in [-0.15, -0.1) is 0 Å². The van der Waals surface area contributed by atoms with Crippen LogP contribution in [0.4, 0.5) is 4.39 Å². The summed E-state index contributed by atoms with van der Waals surface area (Å²) in [5, 5.41) is 0. The van der Waals surface area contributed by atoms with E-state index < -0.39 is 0 Å². The summed E-state index contributed by atoms with van der Waals surface area (Å²) in [5.41, 5.74) is 7.62. The maximum absolute atomic E-state index is 13.6. The summed E-state index contributed by atoms with van der Waals surface area (Å²) in [5.74, 6) is -0.0593. The van der Waals surface area contributed by atoms with E-state index in [9.17, 15) is 4.39 Å². The lowest BCUT2D eigenvalue weighted by Gasteiger charge is -2.10. The highest BCUT2D eigenvalue weighted by molar-refractivity contribution is 5.29. The molecule has 0 atom stereocenters. The fourth-order valence-electron chi connectivity index (χ4n) is 1.98. The van der Waals surface area contributed by atoms with Gasteiger partial charge in [0.2, 0.25) is 0 Å². The van der Waals surface area contributed by atoms with Crippen LogP contribution in [0.1, 0.15) is 11.3 Å². The van der Waals surface area contributed by atoms with E-state index in [0.29, 0.717) is 13.1 Å². The molecular formula is C14H17FN2O. The zero-order valence-electron chi connectivity index (χ0n) is 10.4. The second-order valence-corrected chi connectivity index (χ2v) is 4.14. The zero-order chi connectivity index (χ0) is 13.0. The van der Waals surface area contributed by atoms with Gasteiger partial charge in [0.1, 0.15) is 0 Å². The summed E-state index contributed by atoms with van der Waals surface area (Å²) in [6.07, 6.45) is 2.80. The minimum absolute atomic E-state index is 0.272. The highest BCUT2D eigenvalue weighted by Gasteiger charge is 2.05. The SMILES string of the molecule is COc1ccc(Cn2cccc2CCN)cc1F. The molecule has 4 heteroatoms. The number of halogens is 1. The topological polar surface area (TPSA) is 40.2 Å². The monoisotopic (exact) mass is 248 g/mol. The van der Waals surface area contributed by atoms with Crippen molar-refractivity contribution >= 4 is 0 Å². The maximum atomic E-state index is 13.6. The van der Waals surface area contributed by atoms with Crippen molar-refractivity contribution in [3.63, 3.8) is 0 Å². The number of hydrogen-bond donors (Lipinski definition) is 1. The first-order chi connectivity index (χ1) is 8.74. The van der Waals surface area contributed by atoms with Crippen molar-refractivity contribution in [2.45, 2.75) is 13.0 Å². The lowest BCUT2D eigenvalue weighted by atomic mass is 10.2. The molecule has 0 fully saturated rings. The molecule has 2 rings (SSSR count). The summed E-state index contributed by atoms with van der Waals surface area (Å²) in [4.78, 5) is 0. The molecule has 0 radical (unpaired) electrons. The molecule has 2 aromatic rings. The highest BCUT2D eigenvalue weighted by atomic mass is 19.1. The molecule has 3 nitrogen and oxygen atoms in total. The second kappa shape index (κ2) is 5.69. The number of rotatable bonds is 5. The summed E-state index contributed by atoms with van der Waals surface area (Å²) in [6.45, 7) is 1.25. The van der Waals surface area contributed by atoms with E-state index in [2.05, 4.69) is 4.57 Å². The van der Waals surface area contributed by atoms with Gasteiger partial charge in [-0.3, -0.25) is 0 Å². The average Bonchev–Trinajstić information content (AvgIpc) is 2.78. The quantitative estimate of drug-likeness (QED) is 0.881. The molecule has 0 amide bonds. The normalized spacial score (nSPS) is 10.6. The van der Waals surface area contributed by atoms with Gasteiger partial charge in [0.15, 0.2) is 11.6 Å². The molecule has 0 aliphatic carbocycles. The number of ether oxygens (including phenoxy) is 1. The number of methoxy groups -OCH3 is 1. The molecule has 1 aromatic heterocycles. The molecule has 0 unspecified atom stereocenters. The van der Waals surface area contributed by atoms with E-state index in [1.165, 1.54) is 13.2 Å². The highest BCUT2D eigenvalue weighted by Crippen LogP contribution is 2.18. The van der Waals surface area contributed by atoms with Crippen LogP contribution in [0.5, 0.6) is 5.75 Å². The van der Waals surface area contributed by atoms with Gasteiger partial charge in [-0.2, -0.15) is 0 Å². The van der Waals surface area contributed by atoms with Crippen molar-refractivity contribution in [2.24, 2.45) is 5.73 Å². The molecule has 18 heavy (non-hydrogen) atoms. The van der Waals surface area contributed by atoms with Crippen molar-refractivity contribution in [1.29, 1.82) is 0 Å². The number of nitrogens with zero attached hydrogens (tertiary/aromatic N) is 1. The van der Waals surface area contributed by atoms with Crippen LogP contribution in [-0.2, 0) is 13.0 Å². The van der Waals surface area contributed by atoms with Gasteiger partial charge in [0.25, 0.3) is 0 Å². The summed E-state index contributed by atoms with van der Waals surface area (Å²) in [7, 11) is 1.46. The smallest absolute Gasteiger partial charge is 0.165 e. The van der Waals surface area contributed by atoms with E-state index >= 15 is 0 Å². The van der Waals surface area contributed by atoms with E-state index in [0.717, 1.165) is 17.7 Å². The van der Waals surface area contributed by atoms with Gasteiger partial charge in [-0.1, -0.05) is 6.07 Å². The van der Waals surface area contributed by atoms with Gasteiger partial charge < -0.3 is 15.0 Å². The molecule has 0 aliphatic rings. The molecule has 0 saturated heterocycles. The van der Waals surface area contributed by atoms with E-state index in [1.54, 1.807) is 6.07 Å². The Morgan fingerprint density at radius 3 is 2.83 bits per heavy atom. The lowest BCUT2D eigenvalue weighted by Crippen LogP contribution is -2.09. The fourth-order valence-corrected chi connectivity index (χ4v) is 1.98. The Labute approximate surface area is 106 Å². The maximum Gasteiger partial charge on any atom is 0.165 e. The first kappa shape index (κ1) is 12.6. The van der Waals surface area contributed by atoms with Crippen molar-refractivity contribution in [3.05, 3.63) is 53.6 Å². The largest absolute Gasteiger partial charge is 0.494 e. The fraction of sp³-hybridized carbons (Fsp3) is 0.286. The molecule has 2 N–H and O–H groups in total. The average molecular weight is 248 g/mol. The van der Waals surface area contributed by atoms with Gasteiger partial charge in [-0.25, -0.2) is 4.39 Å². The van der Waals surface area contributed by atoms with Crippen LogP contribution in [0.15, 0.2) is 36.5 Å². The summed E-state index contributed by atoms with van der Waals surface area (Å²) in [6, 6.07) is 9.04. The van der Waals surface area contributed by atoms with Crippen molar-refractivity contribution in [3.8, 4) is 5.75 Å². The number of aromatic nitrogens is 1. The Morgan fingerprint density at radius 1 is 1.33 bits per heavy atom. The minimum atomic E-state index is -0.331. The lowest BCUT2D eigenvalue weighted by molar-refractivity contribution is 0.386. The number of benzene rings is 1. The Kier molecular flexibility index (Phi) is 3.99. The van der Waals surface area contributed by atoms with Crippen LogP contribution >= 0.6 is 0 Å². The molecule has 0 spiro atoms. The van der Waals surface area contributed by atoms with Gasteiger partial charge in [0.05, 0.1) is 7.11 Å². The minimum Gasteiger partial charge on any atom is -0.494 e. The van der Waals surface area contributed by atoms with Crippen molar-refractivity contribution in [2.75, 3.05) is 13.7 Å². The molecule has 0 saturated carbocycles. The van der Waals surface area contributed by atoms with Crippen molar-refractivity contribution < 1.29 is 9.13 Å². The predicted octanol–water partition coefficient (Wildman–Crippen LogP) is 2.19. The van der Waals surface area contributed by atoms with E-state index in [-0.39, 0.29) is 11.6 Å². The first-order valence-electron chi connectivity index (χ1n) is 5.91. The molecule has 96 valence electrons. The molecular weight excluding hydrogens is 231 g/mol.